The average Bonchev–Trinajstić information content (AvgIpc) is 2.01. The Bertz CT molecular complexity index is 250. The molecule has 0 bridgehead atoms. The van der Waals surface area contributed by atoms with E-state index in [4.69, 9.17) is 16.7 Å². The van der Waals surface area contributed by atoms with Crippen LogP contribution in [0.4, 0.5) is 0 Å². The molecule has 0 fully saturated rings. The summed E-state index contributed by atoms with van der Waals surface area (Å²) in [6.07, 6.45) is 1.23. The van der Waals surface area contributed by atoms with Gasteiger partial charge in [-0.1, -0.05) is 17.7 Å². The first-order chi connectivity index (χ1) is 5.68. The lowest BCUT2D eigenvalue weighted by atomic mass is 10.1. The Morgan fingerprint density at radius 1 is 1.58 bits per heavy atom. The van der Waals surface area contributed by atoms with Gasteiger partial charge >= 0.3 is 0 Å². The Labute approximate surface area is 77.2 Å². The highest BCUT2D eigenvalue weighted by atomic mass is 35.5. The van der Waals surface area contributed by atoms with E-state index in [1.54, 1.807) is 13.0 Å². The van der Waals surface area contributed by atoms with Crippen LogP contribution < -0.4 is 0 Å². The van der Waals surface area contributed by atoms with Crippen molar-refractivity contribution in [3.8, 4) is 0 Å². The van der Waals surface area contributed by atoms with Crippen molar-refractivity contribution < 1.29 is 5.11 Å². The fourth-order valence-electron chi connectivity index (χ4n) is 0.946. The maximum Gasteiger partial charge on any atom is 0.129 e. The molecule has 12 heavy (non-hydrogen) atoms. The first-order valence-electron chi connectivity index (χ1n) is 3.98. The fourth-order valence-corrected chi connectivity index (χ4v) is 1.13. The smallest absolute Gasteiger partial charge is 0.129 e. The monoisotopic (exact) mass is 185 g/mol. The van der Waals surface area contributed by atoms with Crippen LogP contribution in [0.1, 0.15) is 19.0 Å². The number of aliphatic hydroxyl groups excluding tert-OH is 1. The third-order valence-electron chi connectivity index (χ3n) is 1.59. The van der Waals surface area contributed by atoms with Gasteiger partial charge in [0.25, 0.3) is 0 Å². The second-order valence-corrected chi connectivity index (χ2v) is 3.23. The van der Waals surface area contributed by atoms with E-state index in [9.17, 15) is 0 Å². The van der Waals surface area contributed by atoms with E-state index in [-0.39, 0.29) is 6.10 Å². The normalized spacial score (nSPS) is 12.9. The summed E-state index contributed by atoms with van der Waals surface area (Å²) in [5, 5.41) is 9.53. The van der Waals surface area contributed by atoms with Crippen LogP contribution in [0.5, 0.6) is 0 Å². The van der Waals surface area contributed by atoms with Crippen molar-refractivity contribution in [3.63, 3.8) is 0 Å². The van der Waals surface area contributed by atoms with Crippen LogP contribution in [0.15, 0.2) is 18.2 Å². The third kappa shape index (κ3) is 3.20. The molecule has 1 rings (SSSR count). The number of aliphatic hydroxyl groups is 1. The zero-order chi connectivity index (χ0) is 8.97. The molecule has 3 heteroatoms. The van der Waals surface area contributed by atoms with Gasteiger partial charge in [-0.2, -0.15) is 0 Å². The molecule has 0 saturated heterocycles. The minimum atomic E-state index is -0.272. The second-order valence-electron chi connectivity index (χ2n) is 2.84. The molecule has 66 valence electrons. The van der Waals surface area contributed by atoms with Crippen LogP contribution in [0.25, 0.3) is 0 Å². The Morgan fingerprint density at radius 3 is 2.92 bits per heavy atom. The van der Waals surface area contributed by atoms with E-state index in [0.29, 0.717) is 5.15 Å². The summed E-state index contributed by atoms with van der Waals surface area (Å²) in [7, 11) is 0. The predicted molar refractivity (Wildman–Crippen MR) is 49.2 cm³/mol. The summed E-state index contributed by atoms with van der Waals surface area (Å²) in [5.74, 6) is 0. The van der Waals surface area contributed by atoms with Gasteiger partial charge < -0.3 is 5.11 Å². The Balaban J connectivity index is 2.52. The molecule has 1 heterocycles. The lowest BCUT2D eigenvalue weighted by molar-refractivity contribution is 0.184. The minimum Gasteiger partial charge on any atom is -0.393 e. The van der Waals surface area contributed by atoms with E-state index in [1.807, 2.05) is 12.1 Å². The van der Waals surface area contributed by atoms with E-state index in [0.717, 1.165) is 18.5 Å². The Hall–Kier alpha value is -0.600. The van der Waals surface area contributed by atoms with Gasteiger partial charge in [0.05, 0.1) is 6.10 Å². The molecule has 0 radical (unpaired) electrons. The van der Waals surface area contributed by atoms with Gasteiger partial charge in [0.1, 0.15) is 5.15 Å². The summed E-state index contributed by atoms with van der Waals surface area (Å²) in [4.78, 5) is 4.10. The molecule has 0 amide bonds. The van der Waals surface area contributed by atoms with Crippen molar-refractivity contribution in [2.24, 2.45) is 0 Å². The standard InChI is InChI=1S/C9H12ClNO/c1-7(12)5-6-8-3-2-4-9(10)11-8/h2-4,7,12H,5-6H2,1H3/t7-/m0/s1. The first kappa shape index (κ1) is 9.49. The summed E-state index contributed by atoms with van der Waals surface area (Å²) in [6.45, 7) is 1.77. The molecule has 0 aliphatic rings. The van der Waals surface area contributed by atoms with E-state index < -0.39 is 0 Å². The minimum absolute atomic E-state index is 0.272. The van der Waals surface area contributed by atoms with Gasteiger partial charge in [-0.05, 0) is 31.9 Å². The van der Waals surface area contributed by atoms with Crippen molar-refractivity contribution in [1.82, 2.24) is 4.98 Å². The molecule has 1 N–H and O–H groups in total. The van der Waals surface area contributed by atoms with Crippen molar-refractivity contribution in [1.29, 1.82) is 0 Å². The molecule has 1 aromatic heterocycles. The summed E-state index contributed by atoms with van der Waals surface area (Å²) in [5.41, 5.74) is 0.934. The maximum atomic E-state index is 9.02. The lowest BCUT2D eigenvalue weighted by Gasteiger charge is -2.02. The highest BCUT2D eigenvalue weighted by Gasteiger charge is 1.99. The van der Waals surface area contributed by atoms with E-state index in [1.165, 1.54) is 0 Å². The Morgan fingerprint density at radius 2 is 2.33 bits per heavy atom. The quantitative estimate of drug-likeness (QED) is 0.732. The van der Waals surface area contributed by atoms with Crippen molar-refractivity contribution >= 4 is 11.6 Å². The van der Waals surface area contributed by atoms with Crippen LogP contribution in [0.2, 0.25) is 5.15 Å². The van der Waals surface area contributed by atoms with E-state index >= 15 is 0 Å². The maximum absolute atomic E-state index is 9.02. The third-order valence-corrected chi connectivity index (χ3v) is 1.80. The lowest BCUT2D eigenvalue weighted by Crippen LogP contribution is -2.02. The molecule has 1 atom stereocenters. The topological polar surface area (TPSA) is 33.1 Å². The number of hydrogen-bond acceptors (Lipinski definition) is 2. The van der Waals surface area contributed by atoms with E-state index in [2.05, 4.69) is 4.98 Å². The van der Waals surface area contributed by atoms with Gasteiger partial charge in [-0.3, -0.25) is 0 Å². The molecular weight excluding hydrogens is 174 g/mol. The van der Waals surface area contributed by atoms with Gasteiger partial charge in [0, 0.05) is 5.69 Å². The molecule has 0 aliphatic carbocycles. The number of pyridine rings is 1. The highest BCUT2D eigenvalue weighted by molar-refractivity contribution is 6.29. The SMILES string of the molecule is C[C@H](O)CCc1cccc(Cl)n1. The molecule has 0 unspecified atom stereocenters. The van der Waals surface area contributed by atoms with Gasteiger partial charge in [0.2, 0.25) is 0 Å². The molecule has 0 aliphatic heterocycles. The fraction of sp³-hybridized carbons (Fsp3) is 0.444. The zero-order valence-electron chi connectivity index (χ0n) is 7.00. The molecular formula is C9H12ClNO. The number of rotatable bonds is 3. The number of aryl methyl sites for hydroxylation is 1. The van der Waals surface area contributed by atoms with Crippen LogP contribution in [-0.4, -0.2) is 16.2 Å². The summed E-state index contributed by atoms with van der Waals surface area (Å²) in [6, 6.07) is 5.52. The predicted octanol–water partition coefficient (Wildman–Crippen LogP) is 2.05. The van der Waals surface area contributed by atoms with Crippen molar-refractivity contribution in [2.45, 2.75) is 25.9 Å². The Kier molecular flexibility index (Phi) is 3.50. The number of nitrogens with zero attached hydrogens (tertiary/aromatic N) is 1. The highest BCUT2D eigenvalue weighted by Crippen LogP contribution is 2.07. The molecule has 0 aromatic carbocycles. The number of aromatic nitrogens is 1. The average molecular weight is 186 g/mol. The number of halogens is 1. The van der Waals surface area contributed by atoms with Crippen molar-refractivity contribution in [3.05, 3.63) is 29.0 Å². The van der Waals surface area contributed by atoms with Crippen LogP contribution in [-0.2, 0) is 6.42 Å². The first-order valence-corrected chi connectivity index (χ1v) is 4.36. The van der Waals surface area contributed by atoms with Crippen molar-refractivity contribution in [2.75, 3.05) is 0 Å². The van der Waals surface area contributed by atoms with Gasteiger partial charge in [-0.15, -0.1) is 0 Å². The summed E-state index contributed by atoms with van der Waals surface area (Å²) >= 11 is 5.69. The molecule has 1 aromatic rings. The van der Waals surface area contributed by atoms with Gasteiger partial charge in [-0.25, -0.2) is 4.98 Å². The van der Waals surface area contributed by atoms with Gasteiger partial charge in [0.15, 0.2) is 0 Å². The van der Waals surface area contributed by atoms with Crippen LogP contribution in [0.3, 0.4) is 0 Å². The molecule has 0 spiro atoms. The van der Waals surface area contributed by atoms with Crippen LogP contribution >= 0.6 is 11.6 Å². The summed E-state index contributed by atoms with van der Waals surface area (Å²) < 4.78 is 0. The number of hydrogen-bond donors (Lipinski definition) is 1. The molecule has 2 nitrogen and oxygen atoms in total. The zero-order valence-corrected chi connectivity index (χ0v) is 7.75. The van der Waals surface area contributed by atoms with Crippen LogP contribution in [0, 0.1) is 0 Å². The largest absolute Gasteiger partial charge is 0.393 e. The molecule has 0 saturated carbocycles. The second kappa shape index (κ2) is 4.43.